The van der Waals surface area contributed by atoms with E-state index in [1.807, 2.05) is 17.5 Å². The van der Waals surface area contributed by atoms with Gasteiger partial charge in [-0.15, -0.1) is 11.3 Å². The molecule has 4 rings (SSSR count). The fourth-order valence-electron chi connectivity index (χ4n) is 3.30. The van der Waals surface area contributed by atoms with E-state index in [0.717, 1.165) is 49.1 Å². The van der Waals surface area contributed by atoms with E-state index in [2.05, 4.69) is 22.0 Å². The molecule has 3 aromatic rings. The average Bonchev–Trinajstić information content (AvgIpc) is 3.11. The number of quaternary nitrogens is 1. The predicted molar refractivity (Wildman–Crippen MR) is 98.9 cm³/mol. The minimum atomic E-state index is 0.00988. The summed E-state index contributed by atoms with van der Waals surface area (Å²) in [5.41, 5.74) is 2.10. The molecule has 1 fully saturated rings. The summed E-state index contributed by atoms with van der Waals surface area (Å²) in [6.07, 6.45) is 1.78. The maximum atomic E-state index is 12.1. The van der Waals surface area contributed by atoms with Gasteiger partial charge in [-0.3, -0.25) is 9.20 Å². The fourth-order valence-corrected chi connectivity index (χ4v) is 4.04. The molecule has 130 valence electrons. The molecule has 1 aliphatic rings. The number of nitrogens with one attached hydrogen (secondary N) is 1. The lowest BCUT2D eigenvalue weighted by Gasteiger charge is -2.33. The van der Waals surface area contributed by atoms with Crippen LogP contribution in [0.3, 0.4) is 0 Å². The number of aromatic nitrogens is 2. The van der Waals surface area contributed by atoms with Crippen LogP contribution in [0, 0.1) is 0 Å². The second-order valence-corrected chi connectivity index (χ2v) is 7.13. The number of anilines is 1. The Morgan fingerprint density at radius 2 is 2.12 bits per heavy atom. The van der Waals surface area contributed by atoms with Crippen molar-refractivity contribution in [2.75, 3.05) is 38.2 Å². The third kappa shape index (κ3) is 3.38. The lowest BCUT2D eigenvalue weighted by Crippen LogP contribution is -3.13. The molecule has 0 amide bonds. The average molecular weight is 357 g/mol. The summed E-state index contributed by atoms with van der Waals surface area (Å²) in [5.74, 6) is 0.890. The maximum absolute atomic E-state index is 12.1. The summed E-state index contributed by atoms with van der Waals surface area (Å²) >= 11 is 1.50. The Labute approximate surface area is 149 Å². The van der Waals surface area contributed by atoms with E-state index in [0.29, 0.717) is 0 Å². The van der Waals surface area contributed by atoms with Crippen LogP contribution >= 0.6 is 11.3 Å². The second kappa shape index (κ2) is 6.85. The molecule has 0 radical (unpaired) electrons. The Kier molecular flexibility index (Phi) is 4.42. The number of benzene rings is 1. The predicted octanol–water partition coefficient (Wildman–Crippen LogP) is 0.670. The van der Waals surface area contributed by atoms with Gasteiger partial charge in [0, 0.05) is 29.4 Å². The highest BCUT2D eigenvalue weighted by Crippen LogP contribution is 2.20. The van der Waals surface area contributed by atoms with Gasteiger partial charge in [-0.25, -0.2) is 4.98 Å². The SMILES string of the molecule is COc1cccc(N2CC[NH+](Cc3cc(=O)n4ccsc4n3)CC2)c1. The number of hydrogen-bond acceptors (Lipinski definition) is 5. The molecule has 6 nitrogen and oxygen atoms in total. The number of fused-ring (bicyclic) bond motifs is 1. The summed E-state index contributed by atoms with van der Waals surface area (Å²) in [7, 11) is 1.70. The molecule has 0 saturated carbocycles. The monoisotopic (exact) mass is 357 g/mol. The minimum absolute atomic E-state index is 0.00988. The van der Waals surface area contributed by atoms with Crippen molar-refractivity contribution < 1.29 is 9.64 Å². The molecule has 25 heavy (non-hydrogen) atoms. The molecule has 0 atom stereocenters. The highest BCUT2D eigenvalue weighted by atomic mass is 32.1. The first-order chi connectivity index (χ1) is 12.2. The molecular formula is C18H21N4O2S+. The van der Waals surface area contributed by atoms with Crippen molar-refractivity contribution >= 4 is 22.0 Å². The molecule has 1 saturated heterocycles. The van der Waals surface area contributed by atoms with Crippen LogP contribution in [0.1, 0.15) is 5.69 Å². The van der Waals surface area contributed by atoms with E-state index in [-0.39, 0.29) is 5.56 Å². The molecule has 1 aromatic carbocycles. The first kappa shape index (κ1) is 16.1. The number of ether oxygens (including phenoxy) is 1. The van der Waals surface area contributed by atoms with Crippen molar-refractivity contribution in [2.45, 2.75) is 6.54 Å². The number of rotatable bonds is 4. The second-order valence-electron chi connectivity index (χ2n) is 6.26. The highest BCUT2D eigenvalue weighted by Gasteiger charge is 2.21. The Hall–Kier alpha value is -2.38. The molecule has 0 spiro atoms. The molecule has 1 aliphatic heterocycles. The van der Waals surface area contributed by atoms with Crippen LogP contribution < -0.4 is 20.1 Å². The smallest absolute Gasteiger partial charge is 0.258 e. The van der Waals surface area contributed by atoms with Crippen LogP contribution in [0.5, 0.6) is 5.75 Å². The van der Waals surface area contributed by atoms with E-state index in [1.54, 1.807) is 23.8 Å². The fraction of sp³-hybridized carbons (Fsp3) is 0.333. The summed E-state index contributed by atoms with van der Waals surface area (Å²) in [5, 5.41) is 1.90. The van der Waals surface area contributed by atoms with Gasteiger partial charge in [0.25, 0.3) is 5.56 Å². The van der Waals surface area contributed by atoms with Crippen LogP contribution in [0.25, 0.3) is 4.96 Å². The standard InChI is InChI=1S/C18H20N4O2S/c1-24-16-4-2-3-15(12-16)21-7-5-20(6-8-21)13-14-11-17(23)22-9-10-25-18(22)19-14/h2-4,9-12H,5-8,13H2,1H3/p+1. The summed E-state index contributed by atoms with van der Waals surface area (Å²) in [4.78, 5) is 21.3. The van der Waals surface area contributed by atoms with Gasteiger partial charge in [-0.1, -0.05) is 6.07 Å². The molecule has 0 bridgehead atoms. The quantitative estimate of drug-likeness (QED) is 0.746. The van der Waals surface area contributed by atoms with Gasteiger partial charge >= 0.3 is 0 Å². The van der Waals surface area contributed by atoms with Crippen LogP contribution in [-0.2, 0) is 6.54 Å². The van der Waals surface area contributed by atoms with Gasteiger partial charge in [-0.2, -0.15) is 0 Å². The summed E-state index contributed by atoms with van der Waals surface area (Å²) in [6, 6.07) is 9.87. The number of methoxy groups -OCH3 is 1. The van der Waals surface area contributed by atoms with E-state index in [1.165, 1.54) is 21.9 Å². The van der Waals surface area contributed by atoms with Gasteiger partial charge in [0.05, 0.1) is 33.3 Å². The van der Waals surface area contributed by atoms with Crippen molar-refractivity contribution in [3.05, 3.63) is 58.0 Å². The van der Waals surface area contributed by atoms with E-state index in [9.17, 15) is 4.79 Å². The number of nitrogens with zero attached hydrogens (tertiary/aromatic N) is 3. The Balaban J connectivity index is 1.42. The number of piperazine rings is 1. The van der Waals surface area contributed by atoms with Crippen LogP contribution in [0.4, 0.5) is 5.69 Å². The third-order valence-corrected chi connectivity index (χ3v) is 5.43. The molecule has 2 aromatic heterocycles. The number of hydrogen-bond donors (Lipinski definition) is 1. The molecule has 1 N–H and O–H groups in total. The normalized spacial score (nSPS) is 15.6. The van der Waals surface area contributed by atoms with Crippen molar-refractivity contribution in [3.8, 4) is 5.75 Å². The summed E-state index contributed by atoms with van der Waals surface area (Å²) < 4.78 is 6.92. The zero-order valence-electron chi connectivity index (χ0n) is 14.1. The van der Waals surface area contributed by atoms with Crippen molar-refractivity contribution in [2.24, 2.45) is 0 Å². The molecule has 0 aliphatic carbocycles. The zero-order valence-corrected chi connectivity index (χ0v) is 15.0. The topological polar surface area (TPSA) is 51.3 Å². The molecular weight excluding hydrogens is 336 g/mol. The minimum Gasteiger partial charge on any atom is -0.497 e. The highest BCUT2D eigenvalue weighted by molar-refractivity contribution is 7.15. The molecule has 3 heterocycles. The maximum Gasteiger partial charge on any atom is 0.258 e. The Bertz CT molecular complexity index is 928. The van der Waals surface area contributed by atoms with Gasteiger partial charge in [0.1, 0.15) is 18.0 Å². The first-order valence-corrected chi connectivity index (χ1v) is 9.29. The van der Waals surface area contributed by atoms with Crippen molar-refractivity contribution in [1.82, 2.24) is 9.38 Å². The van der Waals surface area contributed by atoms with Crippen LogP contribution in [0.2, 0.25) is 0 Å². The summed E-state index contributed by atoms with van der Waals surface area (Å²) in [6.45, 7) is 4.84. The Morgan fingerprint density at radius 3 is 2.92 bits per heavy atom. The number of thiazole rings is 1. The van der Waals surface area contributed by atoms with Gasteiger partial charge < -0.3 is 14.5 Å². The molecule has 0 unspecified atom stereocenters. The van der Waals surface area contributed by atoms with E-state index >= 15 is 0 Å². The van der Waals surface area contributed by atoms with Crippen molar-refractivity contribution in [1.29, 1.82) is 0 Å². The zero-order chi connectivity index (χ0) is 17.2. The van der Waals surface area contributed by atoms with Crippen molar-refractivity contribution in [3.63, 3.8) is 0 Å². The first-order valence-electron chi connectivity index (χ1n) is 8.41. The lowest BCUT2D eigenvalue weighted by molar-refractivity contribution is -0.914. The van der Waals surface area contributed by atoms with Crippen LogP contribution in [0.15, 0.2) is 46.7 Å². The largest absolute Gasteiger partial charge is 0.497 e. The van der Waals surface area contributed by atoms with E-state index in [4.69, 9.17) is 4.74 Å². The lowest BCUT2D eigenvalue weighted by atomic mass is 10.2. The van der Waals surface area contributed by atoms with Crippen LogP contribution in [-0.4, -0.2) is 42.7 Å². The van der Waals surface area contributed by atoms with E-state index < -0.39 is 0 Å². The van der Waals surface area contributed by atoms with Gasteiger partial charge in [-0.05, 0) is 12.1 Å². The third-order valence-electron chi connectivity index (χ3n) is 4.68. The Morgan fingerprint density at radius 1 is 1.28 bits per heavy atom. The van der Waals surface area contributed by atoms with Gasteiger partial charge in [0.2, 0.25) is 0 Å². The van der Waals surface area contributed by atoms with Gasteiger partial charge in [0.15, 0.2) is 4.96 Å². The molecule has 7 heteroatoms.